The highest BCUT2D eigenvalue weighted by molar-refractivity contribution is 4.87. The molecule has 1 rings (SSSR count). The largest absolute Gasteiger partial charge is 0.388 e. The second-order valence-electron chi connectivity index (χ2n) is 7.73. The monoisotopic (exact) mass is 386 g/mol. The molecule has 1 heterocycles. The van der Waals surface area contributed by atoms with Crippen molar-refractivity contribution in [3.8, 4) is 0 Å². The van der Waals surface area contributed by atoms with Gasteiger partial charge in [0.05, 0.1) is 13.2 Å². The van der Waals surface area contributed by atoms with Gasteiger partial charge in [-0.1, -0.05) is 64.0 Å². The Kier molecular flexibility index (Phi) is 15.0. The van der Waals surface area contributed by atoms with Crippen LogP contribution in [0.5, 0.6) is 0 Å². The van der Waals surface area contributed by atoms with Gasteiger partial charge in [0.15, 0.2) is 0 Å². The number of aliphatic hydroxyl groups excluding tert-OH is 3. The average Bonchev–Trinajstić information content (AvgIpc) is 3.00. The van der Waals surface area contributed by atoms with E-state index in [2.05, 4.69) is 19.1 Å². The van der Waals surface area contributed by atoms with Gasteiger partial charge < -0.3 is 24.8 Å². The van der Waals surface area contributed by atoms with Crippen molar-refractivity contribution in [1.82, 2.24) is 0 Å². The van der Waals surface area contributed by atoms with Gasteiger partial charge >= 0.3 is 0 Å². The minimum absolute atomic E-state index is 0.0649. The van der Waals surface area contributed by atoms with Crippen molar-refractivity contribution in [2.45, 2.75) is 108 Å². The summed E-state index contributed by atoms with van der Waals surface area (Å²) in [5, 5.41) is 29.0. The smallest absolute Gasteiger partial charge is 0.114 e. The SMILES string of the molecule is CCCCCCCCC/C=C/CCCCCOC[C@@H](O)[C@@H]1OC[C@H](O)[C@@H]1O. The van der Waals surface area contributed by atoms with Crippen molar-refractivity contribution < 1.29 is 24.8 Å². The van der Waals surface area contributed by atoms with Crippen molar-refractivity contribution in [3.63, 3.8) is 0 Å². The molecule has 5 heteroatoms. The maximum atomic E-state index is 9.92. The maximum absolute atomic E-state index is 9.92. The molecule has 4 atom stereocenters. The fraction of sp³-hybridized carbons (Fsp3) is 0.909. The van der Waals surface area contributed by atoms with Crippen LogP contribution in [0.1, 0.15) is 84.0 Å². The van der Waals surface area contributed by atoms with Gasteiger partial charge in [-0.15, -0.1) is 0 Å². The second kappa shape index (κ2) is 16.5. The van der Waals surface area contributed by atoms with Crippen LogP contribution >= 0.6 is 0 Å². The third-order valence-corrected chi connectivity index (χ3v) is 5.16. The van der Waals surface area contributed by atoms with E-state index in [1.54, 1.807) is 0 Å². The summed E-state index contributed by atoms with van der Waals surface area (Å²) in [4.78, 5) is 0. The van der Waals surface area contributed by atoms with Crippen molar-refractivity contribution >= 4 is 0 Å². The third kappa shape index (κ3) is 11.9. The predicted octanol–water partition coefficient (Wildman–Crippen LogP) is 3.74. The Morgan fingerprint density at radius 2 is 1.52 bits per heavy atom. The lowest BCUT2D eigenvalue weighted by Crippen LogP contribution is -2.40. The molecule has 5 nitrogen and oxygen atoms in total. The van der Waals surface area contributed by atoms with Crippen LogP contribution in [-0.4, -0.2) is 59.6 Å². The summed E-state index contributed by atoms with van der Waals surface area (Å²) in [6, 6.07) is 0. The van der Waals surface area contributed by atoms with Crippen LogP contribution in [0.4, 0.5) is 0 Å². The molecule has 1 saturated heterocycles. The molecule has 3 N–H and O–H groups in total. The van der Waals surface area contributed by atoms with Crippen molar-refractivity contribution in [2.24, 2.45) is 0 Å². The van der Waals surface area contributed by atoms with Gasteiger partial charge in [0.1, 0.15) is 24.4 Å². The van der Waals surface area contributed by atoms with E-state index >= 15 is 0 Å². The summed E-state index contributed by atoms with van der Waals surface area (Å²) in [5.74, 6) is 0. The van der Waals surface area contributed by atoms with E-state index in [4.69, 9.17) is 9.47 Å². The zero-order chi connectivity index (χ0) is 19.7. The van der Waals surface area contributed by atoms with E-state index in [9.17, 15) is 15.3 Å². The predicted molar refractivity (Wildman–Crippen MR) is 109 cm³/mol. The lowest BCUT2D eigenvalue weighted by atomic mass is 10.1. The number of ether oxygens (including phenoxy) is 2. The summed E-state index contributed by atoms with van der Waals surface area (Å²) in [7, 11) is 0. The number of rotatable bonds is 17. The Balaban J connectivity index is 1.82. The molecule has 0 aromatic carbocycles. The van der Waals surface area contributed by atoms with Crippen LogP contribution in [0, 0.1) is 0 Å². The molecule has 160 valence electrons. The first kappa shape index (κ1) is 24.6. The lowest BCUT2D eigenvalue weighted by molar-refractivity contribution is -0.0813. The third-order valence-electron chi connectivity index (χ3n) is 5.16. The number of aliphatic hydroxyl groups is 3. The van der Waals surface area contributed by atoms with Gasteiger partial charge in [-0.3, -0.25) is 0 Å². The first-order valence-electron chi connectivity index (χ1n) is 11.0. The molecule has 0 saturated carbocycles. The number of allylic oxidation sites excluding steroid dienone is 2. The van der Waals surface area contributed by atoms with Gasteiger partial charge in [0.2, 0.25) is 0 Å². The van der Waals surface area contributed by atoms with Crippen LogP contribution in [0.15, 0.2) is 12.2 Å². The van der Waals surface area contributed by atoms with Gasteiger partial charge in [-0.2, -0.15) is 0 Å². The summed E-state index contributed by atoms with van der Waals surface area (Å²) in [6.07, 6.45) is 16.2. The Labute approximate surface area is 165 Å². The first-order valence-corrected chi connectivity index (χ1v) is 11.0. The summed E-state index contributed by atoms with van der Waals surface area (Å²) >= 11 is 0. The topological polar surface area (TPSA) is 79.2 Å². The maximum Gasteiger partial charge on any atom is 0.114 e. The number of hydrogen-bond acceptors (Lipinski definition) is 5. The van der Waals surface area contributed by atoms with E-state index in [-0.39, 0.29) is 13.2 Å². The van der Waals surface area contributed by atoms with E-state index < -0.39 is 24.4 Å². The minimum atomic E-state index is -1.03. The van der Waals surface area contributed by atoms with E-state index in [1.165, 1.54) is 51.4 Å². The Morgan fingerprint density at radius 3 is 2.11 bits per heavy atom. The van der Waals surface area contributed by atoms with E-state index in [0.717, 1.165) is 25.7 Å². The average molecular weight is 387 g/mol. The molecule has 1 fully saturated rings. The van der Waals surface area contributed by atoms with Crippen molar-refractivity contribution in [1.29, 1.82) is 0 Å². The van der Waals surface area contributed by atoms with E-state index in [0.29, 0.717) is 6.61 Å². The molecule has 0 unspecified atom stereocenters. The fourth-order valence-electron chi connectivity index (χ4n) is 3.36. The molecule has 1 aliphatic heterocycles. The summed E-state index contributed by atoms with van der Waals surface area (Å²) in [6.45, 7) is 3.06. The van der Waals surface area contributed by atoms with Gasteiger partial charge in [0, 0.05) is 6.61 Å². The first-order chi connectivity index (χ1) is 13.2. The Hall–Kier alpha value is -0.460. The van der Waals surface area contributed by atoms with Crippen LogP contribution in [0.25, 0.3) is 0 Å². The normalized spacial score (nSPS) is 24.1. The highest BCUT2D eigenvalue weighted by Crippen LogP contribution is 2.18. The standard InChI is InChI=1S/C22H42O5/c1-2-3-4-5-6-7-8-9-10-11-12-13-14-15-16-26-17-20(24)22-21(25)19(23)18-27-22/h10-11,19-25H,2-9,12-18H2,1H3/b11-10+/t19-,20+,21-,22-/m0/s1. The molecule has 0 aromatic heterocycles. The molecule has 0 aromatic rings. The van der Waals surface area contributed by atoms with Gasteiger partial charge in [0.25, 0.3) is 0 Å². The van der Waals surface area contributed by atoms with Crippen LogP contribution < -0.4 is 0 Å². The molecule has 0 bridgehead atoms. The van der Waals surface area contributed by atoms with Gasteiger partial charge in [-0.05, 0) is 32.1 Å². The molecule has 27 heavy (non-hydrogen) atoms. The highest BCUT2D eigenvalue weighted by Gasteiger charge is 2.39. The van der Waals surface area contributed by atoms with Gasteiger partial charge in [-0.25, -0.2) is 0 Å². The fourth-order valence-corrected chi connectivity index (χ4v) is 3.36. The molecule has 0 aliphatic carbocycles. The van der Waals surface area contributed by atoms with E-state index in [1.807, 2.05) is 0 Å². The van der Waals surface area contributed by atoms with Crippen molar-refractivity contribution in [2.75, 3.05) is 19.8 Å². The zero-order valence-corrected chi connectivity index (χ0v) is 17.2. The van der Waals surface area contributed by atoms with Crippen LogP contribution in [-0.2, 0) is 9.47 Å². The second-order valence-corrected chi connectivity index (χ2v) is 7.73. The molecule has 1 aliphatic rings. The molecule has 0 spiro atoms. The van der Waals surface area contributed by atoms with Crippen LogP contribution in [0.3, 0.4) is 0 Å². The summed E-state index contributed by atoms with van der Waals surface area (Å²) in [5.41, 5.74) is 0. The molecular weight excluding hydrogens is 344 g/mol. The Bertz CT molecular complexity index is 361. The summed E-state index contributed by atoms with van der Waals surface area (Å²) < 4.78 is 10.6. The number of unbranched alkanes of at least 4 members (excludes halogenated alkanes) is 10. The minimum Gasteiger partial charge on any atom is -0.388 e. The molecular formula is C22H42O5. The highest BCUT2D eigenvalue weighted by atomic mass is 16.5. The zero-order valence-electron chi connectivity index (χ0n) is 17.2. The Morgan fingerprint density at radius 1 is 0.926 bits per heavy atom. The molecule has 0 amide bonds. The lowest BCUT2D eigenvalue weighted by Gasteiger charge is -2.20. The van der Waals surface area contributed by atoms with Crippen molar-refractivity contribution in [3.05, 3.63) is 12.2 Å². The quantitative estimate of drug-likeness (QED) is 0.262. The molecule has 0 radical (unpaired) electrons. The van der Waals surface area contributed by atoms with Crippen LogP contribution in [0.2, 0.25) is 0 Å². The number of hydrogen-bond donors (Lipinski definition) is 3.